The third-order valence-corrected chi connectivity index (χ3v) is 5.07. The largest absolute Gasteiger partial charge is 0.455 e. The van der Waals surface area contributed by atoms with Gasteiger partial charge in [0.15, 0.2) is 0 Å². The maximum atomic E-state index is 10.1. The van der Waals surface area contributed by atoms with Crippen LogP contribution in [0.1, 0.15) is 11.1 Å². The Morgan fingerprint density at radius 2 is 1.44 bits per heavy atom. The number of para-hydroxylation sites is 2. The molecule has 1 heterocycles. The molecule has 0 radical (unpaired) electrons. The average molecular weight is 350 g/mol. The van der Waals surface area contributed by atoms with Gasteiger partial charge in [0.2, 0.25) is 0 Å². The highest BCUT2D eigenvalue weighted by atomic mass is 16.3. The Balaban J connectivity index is 1.75. The van der Waals surface area contributed by atoms with Gasteiger partial charge in [0.1, 0.15) is 11.2 Å². The van der Waals surface area contributed by atoms with E-state index in [1.54, 1.807) is 0 Å². The second-order valence-corrected chi connectivity index (χ2v) is 6.68. The second-order valence-electron chi connectivity index (χ2n) is 6.68. The molecule has 1 aromatic heterocycles. The van der Waals surface area contributed by atoms with Crippen LogP contribution in [0, 0.1) is 0 Å². The number of rotatable bonds is 3. The molecule has 1 N–H and O–H groups in total. The number of furan rings is 1. The minimum Gasteiger partial charge on any atom is -0.455 e. The summed E-state index contributed by atoms with van der Waals surface area (Å²) in [7, 11) is 0. The highest BCUT2D eigenvalue weighted by Crippen LogP contribution is 2.33. The lowest BCUT2D eigenvalue weighted by Crippen LogP contribution is -1.92. The first kappa shape index (κ1) is 15.9. The van der Waals surface area contributed by atoms with Crippen molar-refractivity contribution in [3.05, 3.63) is 96.1 Å². The van der Waals surface area contributed by atoms with Crippen molar-refractivity contribution in [2.24, 2.45) is 0 Å². The Kier molecular flexibility index (Phi) is 3.77. The van der Waals surface area contributed by atoms with E-state index in [0.717, 1.165) is 49.4 Å². The molecule has 0 saturated carbocycles. The van der Waals surface area contributed by atoms with Gasteiger partial charge < -0.3 is 9.52 Å². The van der Waals surface area contributed by atoms with Gasteiger partial charge in [-0.1, -0.05) is 78.9 Å². The van der Waals surface area contributed by atoms with Crippen LogP contribution in [-0.4, -0.2) is 11.7 Å². The number of aliphatic hydroxyl groups is 1. The molecule has 5 aromatic rings. The van der Waals surface area contributed by atoms with Crippen molar-refractivity contribution in [1.82, 2.24) is 0 Å². The lowest BCUT2D eigenvalue weighted by molar-refractivity contribution is 0.351. The monoisotopic (exact) mass is 350 g/mol. The highest BCUT2D eigenvalue weighted by Gasteiger charge is 2.11. The van der Waals surface area contributed by atoms with Crippen LogP contribution < -0.4 is 0 Å². The van der Waals surface area contributed by atoms with Crippen molar-refractivity contribution >= 4 is 44.4 Å². The molecule has 0 fully saturated rings. The lowest BCUT2D eigenvalue weighted by Gasteiger charge is -2.09. The van der Waals surface area contributed by atoms with Gasteiger partial charge in [0.05, 0.1) is 6.61 Å². The zero-order chi connectivity index (χ0) is 18.2. The molecule has 0 aliphatic carbocycles. The Bertz CT molecular complexity index is 1300. The maximum Gasteiger partial charge on any atom is 0.142 e. The van der Waals surface area contributed by atoms with E-state index in [-0.39, 0.29) is 6.61 Å². The fraction of sp³-hybridized carbons (Fsp3) is 0.0400. The summed E-state index contributed by atoms with van der Waals surface area (Å²) in [4.78, 5) is 0. The third-order valence-electron chi connectivity index (χ3n) is 5.07. The van der Waals surface area contributed by atoms with Gasteiger partial charge in [-0.25, -0.2) is 0 Å². The predicted molar refractivity (Wildman–Crippen MR) is 113 cm³/mol. The smallest absolute Gasteiger partial charge is 0.142 e. The Labute approximate surface area is 157 Å². The minimum absolute atomic E-state index is 0.0371. The number of hydrogen-bond donors (Lipinski definition) is 1. The van der Waals surface area contributed by atoms with Crippen LogP contribution in [0.2, 0.25) is 0 Å². The Morgan fingerprint density at radius 1 is 0.741 bits per heavy atom. The summed E-state index contributed by atoms with van der Waals surface area (Å²) in [6.45, 7) is -0.0371. The zero-order valence-electron chi connectivity index (χ0n) is 14.7. The molecule has 0 saturated heterocycles. The van der Waals surface area contributed by atoms with Crippen molar-refractivity contribution in [3.63, 3.8) is 0 Å². The minimum atomic E-state index is -0.0371. The quantitative estimate of drug-likeness (QED) is 0.389. The molecule has 4 aromatic carbocycles. The van der Waals surface area contributed by atoms with Crippen molar-refractivity contribution < 1.29 is 9.52 Å². The summed E-state index contributed by atoms with van der Waals surface area (Å²) in [6.07, 6.45) is 2.03. The van der Waals surface area contributed by atoms with Gasteiger partial charge in [0.25, 0.3) is 0 Å². The summed E-state index contributed by atoms with van der Waals surface area (Å²) >= 11 is 0. The standard InChI is InChI=1S/C25H18O2/c26-16-19(21-12-5-8-17-7-1-2-10-20(17)21)15-18-9-6-13-23-22-11-3-4-14-24(22)27-25(18)23/h1-15,26H,16H2/b19-15+. The first-order chi connectivity index (χ1) is 13.3. The fourth-order valence-corrected chi connectivity index (χ4v) is 3.78. The molecular formula is C25H18O2. The van der Waals surface area contributed by atoms with Crippen LogP contribution in [0.25, 0.3) is 44.4 Å². The summed E-state index contributed by atoms with van der Waals surface area (Å²) in [5, 5.41) is 14.6. The fourth-order valence-electron chi connectivity index (χ4n) is 3.78. The van der Waals surface area contributed by atoms with Crippen molar-refractivity contribution in [1.29, 1.82) is 0 Å². The van der Waals surface area contributed by atoms with Crippen LogP contribution in [0.3, 0.4) is 0 Å². The van der Waals surface area contributed by atoms with Crippen molar-refractivity contribution in [2.45, 2.75) is 0 Å². The number of aliphatic hydroxyl groups excluding tert-OH is 1. The Hall–Kier alpha value is -3.36. The topological polar surface area (TPSA) is 33.4 Å². The molecule has 0 amide bonds. The first-order valence-corrected chi connectivity index (χ1v) is 9.05. The van der Waals surface area contributed by atoms with Crippen molar-refractivity contribution in [3.8, 4) is 0 Å². The molecule has 0 unspecified atom stereocenters. The molecule has 0 spiro atoms. The summed E-state index contributed by atoms with van der Waals surface area (Å²) in [6, 6.07) is 28.6. The average Bonchev–Trinajstić information content (AvgIpc) is 3.11. The van der Waals surface area contributed by atoms with E-state index in [1.807, 2.05) is 54.6 Å². The zero-order valence-corrected chi connectivity index (χ0v) is 14.7. The number of fused-ring (bicyclic) bond motifs is 4. The molecule has 5 rings (SSSR count). The second kappa shape index (κ2) is 6.42. The highest BCUT2D eigenvalue weighted by molar-refractivity contribution is 6.08. The van der Waals surface area contributed by atoms with Crippen LogP contribution in [0.5, 0.6) is 0 Å². The first-order valence-electron chi connectivity index (χ1n) is 9.05. The lowest BCUT2D eigenvalue weighted by atomic mass is 9.96. The van der Waals surface area contributed by atoms with E-state index in [9.17, 15) is 5.11 Å². The van der Waals surface area contributed by atoms with E-state index >= 15 is 0 Å². The van der Waals surface area contributed by atoms with E-state index in [1.165, 1.54) is 0 Å². The summed E-state index contributed by atoms with van der Waals surface area (Å²) in [5.74, 6) is 0. The van der Waals surface area contributed by atoms with Gasteiger partial charge in [-0.05, 0) is 34.1 Å². The summed E-state index contributed by atoms with van der Waals surface area (Å²) in [5.41, 5.74) is 4.62. The predicted octanol–water partition coefficient (Wildman–Crippen LogP) is 6.27. The van der Waals surface area contributed by atoms with Gasteiger partial charge in [0, 0.05) is 16.3 Å². The van der Waals surface area contributed by atoms with Gasteiger partial charge in [-0.15, -0.1) is 0 Å². The molecule has 2 nitrogen and oxygen atoms in total. The SMILES string of the molecule is OC/C(=C\c1cccc2c1oc1ccccc12)c1cccc2ccccc12. The van der Waals surface area contributed by atoms with Gasteiger partial charge in [-0.3, -0.25) is 0 Å². The van der Waals surface area contributed by atoms with E-state index in [0.29, 0.717) is 0 Å². The van der Waals surface area contributed by atoms with Gasteiger partial charge >= 0.3 is 0 Å². The molecule has 0 aliphatic heterocycles. The molecule has 0 atom stereocenters. The molecule has 2 heteroatoms. The van der Waals surface area contributed by atoms with Crippen LogP contribution in [0.15, 0.2) is 89.3 Å². The molecule has 27 heavy (non-hydrogen) atoms. The number of hydrogen-bond acceptors (Lipinski definition) is 2. The molecule has 0 bridgehead atoms. The molecular weight excluding hydrogens is 332 g/mol. The van der Waals surface area contributed by atoms with Crippen LogP contribution in [-0.2, 0) is 0 Å². The van der Waals surface area contributed by atoms with Crippen LogP contribution in [0.4, 0.5) is 0 Å². The van der Waals surface area contributed by atoms with E-state index in [4.69, 9.17) is 4.42 Å². The normalized spacial score (nSPS) is 12.3. The number of benzene rings is 4. The van der Waals surface area contributed by atoms with Crippen LogP contribution >= 0.6 is 0 Å². The molecule has 0 aliphatic rings. The third kappa shape index (κ3) is 2.62. The van der Waals surface area contributed by atoms with Crippen molar-refractivity contribution in [2.75, 3.05) is 6.61 Å². The van der Waals surface area contributed by atoms with E-state index < -0.39 is 0 Å². The van der Waals surface area contributed by atoms with Gasteiger partial charge in [-0.2, -0.15) is 0 Å². The molecule has 130 valence electrons. The maximum absolute atomic E-state index is 10.1. The summed E-state index contributed by atoms with van der Waals surface area (Å²) < 4.78 is 6.13. The Morgan fingerprint density at radius 3 is 2.33 bits per heavy atom. The van der Waals surface area contributed by atoms with E-state index in [2.05, 4.69) is 36.4 Å².